The summed E-state index contributed by atoms with van der Waals surface area (Å²) in [5.74, 6) is -0.313. The van der Waals surface area contributed by atoms with Crippen LogP contribution in [0.4, 0.5) is 0 Å². The van der Waals surface area contributed by atoms with Crippen molar-refractivity contribution >= 4 is 15.9 Å². The first-order valence-corrected chi connectivity index (χ1v) is 6.43. The van der Waals surface area contributed by atoms with Gasteiger partial charge in [-0.1, -0.05) is 21.5 Å². The van der Waals surface area contributed by atoms with Gasteiger partial charge < -0.3 is 9.47 Å². The zero-order valence-electron chi connectivity index (χ0n) is 8.64. The first-order valence-electron chi connectivity index (χ1n) is 5.31. The second kappa shape index (κ2) is 4.33. The number of halogens is 1. The molecule has 0 atom stereocenters. The molecule has 2 rings (SSSR count). The molecular formula is C11H17BrO2. The molecule has 1 aliphatic heterocycles. The van der Waals surface area contributed by atoms with E-state index in [-0.39, 0.29) is 5.79 Å². The molecule has 0 amide bonds. The molecule has 2 aliphatic rings. The Balaban J connectivity index is 2.11. The molecule has 1 fully saturated rings. The summed E-state index contributed by atoms with van der Waals surface area (Å²) in [7, 11) is 0. The lowest BCUT2D eigenvalue weighted by atomic mass is 10.0. The summed E-state index contributed by atoms with van der Waals surface area (Å²) >= 11 is 3.47. The maximum Gasteiger partial charge on any atom is 0.191 e. The Labute approximate surface area is 93.8 Å². The molecule has 0 unspecified atom stereocenters. The number of hydrogen-bond acceptors (Lipinski definition) is 2. The summed E-state index contributed by atoms with van der Waals surface area (Å²) in [6, 6.07) is 0. The van der Waals surface area contributed by atoms with Crippen molar-refractivity contribution in [2.45, 2.75) is 38.4 Å². The molecule has 1 saturated heterocycles. The zero-order chi connectivity index (χ0) is 10.0. The van der Waals surface area contributed by atoms with Crippen molar-refractivity contribution in [2.24, 2.45) is 0 Å². The van der Waals surface area contributed by atoms with Crippen LogP contribution in [-0.2, 0) is 9.47 Å². The van der Waals surface area contributed by atoms with Crippen molar-refractivity contribution in [2.75, 3.05) is 18.5 Å². The van der Waals surface area contributed by atoms with Crippen molar-refractivity contribution in [1.29, 1.82) is 0 Å². The molecule has 0 N–H and O–H groups in total. The van der Waals surface area contributed by atoms with Crippen molar-refractivity contribution in [3.63, 3.8) is 0 Å². The van der Waals surface area contributed by atoms with E-state index >= 15 is 0 Å². The van der Waals surface area contributed by atoms with E-state index in [1.807, 2.05) is 0 Å². The van der Waals surface area contributed by atoms with Gasteiger partial charge >= 0.3 is 0 Å². The van der Waals surface area contributed by atoms with Crippen molar-refractivity contribution in [3.05, 3.63) is 11.1 Å². The molecule has 2 nitrogen and oxygen atoms in total. The van der Waals surface area contributed by atoms with Gasteiger partial charge in [-0.3, -0.25) is 0 Å². The second-order valence-electron chi connectivity index (χ2n) is 4.00. The van der Waals surface area contributed by atoms with Crippen LogP contribution in [0.2, 0.25) is 0 Å². The van der Waals surface area contributed by atoms with Crippen molar-refractivity contribution < 1.29 is 9.47 Å². The summed E-state index contributed by atoms with van der Waals surface area (Å²) < 4.78 is 11.6. The standard InChI is InChI=1S/C11H17BrO2/c1-9-4-5-11(13-7-8-14-11)10(9)3-2-6-12/h2-8H2,1H3. The average molecular weight is 261 g/mol. The highest BCUT2D eigenvalue weighted by molar-refractivity contribution is 9.09. The molecule has 0 aromatic carbocycles. The Kier molecular flexibility index (Phi) is 3.30. The van der Waals surface area contributed by atoms with Crippen molar-refractivity contribution in [3.8, 4) is 0 Å². The Bertz CT molecular complexity index is 242. The van der Waals surface area contributed by atoms with Gasteiger partial charge in [-0.2, -0.15) is 0 Å². The Morgan fingerprint density at radius 3 is 2.71 bits per heavy atom. The lowest BCUT2D eigenvalue weighted by Crippen LogP contribution is -2.29. The number of rotatable bonds is 3. The summed E-state index contributed by atoms with van der Waals surface area (Å²) in [6.45, 7) is 3.72. The van der Waals surface area contributed by atoms with Gasteiger partial charge in [-0.15, -0.1) is 0 Å². The van der Waals surface area contributed by atoms with E-state index < -0.39 is 0 Å². The maximum atomic E-state index is 5.79. The van der Waals surface area contributed by atoms with E-state index in [2.05, 4.69) is 22.9 Å². The first-order chi connectivity index (χ1) is 6.78. The second-order valence-corrected chi connectivity index (χ2v) is 4.79. The third kappa shape index (κ3) is 1.77. The summed E-state index contributed by atoms with van der Waals surface area (Å²) in [5, 5.41) is 1.06. The third-order valence-electron chi connectivity index (χ3n) is 3.12. The Hall–Kier alpha value is 0.140. The van der Waals surface area contributed by atoms with Crippen molar-refractivity contribution in [1.82, 2.24) is 0 Å². The zero-order valence-corrected chi connectivity index (χ0v) is 10.2. The van der Waals surface area contributed by atoms with Crippen LogP contribution in [-0.4, -0.2) is 24.3 Å². The minimum absolute atomic E-state index is 0.313. The summed E-state index contributed by atoms with van der Waals surface area (Å²) in [5.41, 5.74) is 2.89. The van der Waals surface area contributed by atoms with E-state index in [0.29, 0.717) is 0 Å². The molecular weight excluding hydrogens is 244 g/mol. The molecule has 0 radical (unpaired) electrons. The molecule has 0 bridgehead atoms. The third-order valence-corrected chi connectivity index (χ3v) is 3.68. The molecule has 14 heavy (non-hydrogen) atoms. The van der Waals surface area contributed by atoms with E-state index in [9.17, 15) is 0 Å². The van der Waals surface area contributed by atoms with Crippen LogP contribution in [0.5, 0.6) is 0 Å². The quantitative estimate of drug-likeness (QED) is 0.574. The van der Waals surface area contributed by atoms with Crippen LogP contribution in [0.15, 0.2) is 11.1 Å². The van der Waals surface area contributed by atoms with Gasteiger partial charge in [0, 0.05) is 11.8 Å². The Morgan fingerprint density at radius 1 is 1.36 bits per heavy atom. The molecule has 1 spiro atoms. The highest BCUT2D eigenvalue weighted by Gasteiger charge is 2.44. The summed E-state index contributed by atoms with van der Waals surface area (Å²) in [4.78, 5) is 0. The predicted molar refractivity (Wildman–Crippen MR) is 59.6 cm³/mol. The number of hydrogen-bond donors (Lipinski definition) is 0. The fourth-order valence-electron chi connectivity index (χ4n) is 2.40. The van der Waals surface area contributed by atoms with Gasteiger partial charge in [0.05, 0.1) is 13.2 Å². The lowest BCUT2D eigenvalue weighted by Gasteiger charge is -2.25. The van der Waals surface area contributed by atoms with Gasteiger partial charge in [0.2, 0.25) is 0 Å². The minimum Gasteiger partial charge on any atom is -0.344 e. The fourth-order valence-corrected chi connectivity index (χ4v) is 2.68. The van der Waals surface area contributed by atoms with E-state index in [4.69, 9.17) is 9.47 Å². The fraction of sp³-hybridized carbons (Fsp3) is 0.818. The SMILES string of the molecule is CC1=C(CCCBr)C2(CC1)OCCO2. The minimum atomic E-state index is -0.313. The molecule has 0 saturated carbocycles. The highest BCUT2D eigenvalue weighted by Crippen LogP contribution is 2.43. The smallest absolute Gasteiger partial charge is 0.191 e. The largest absolute Gasteiger partial charge is 0.344 e. The van der Waals surface area contributed by atoms with Gasteiger partial charge in [0.25, 0.3) is 0 Å². The van der Waals surface area contributed by atoms with Crippen LogP contribution in [0.3, 0.4) is 0 Å². The molecule has 1 aliphatic carbocycles. The molecule has 0 aromatic rings. The van der Waals surface area contributed by atoms with Gasteiger partial charge in [0.15, 0.2) is 5.79 Å². The number of ether oxygens (including phenoxy) is 2. The monoisotopic (exact) mass is 260 g/mol. The molecule has 3 heteroatoms. The average Bonchev–Trinajstić information content (AvgIpc) is 2.75. The Morgan fingerprint density at radius 2 is 2.07 bits per heavy atom. The van der Waals surface area contributed by atoms with Gasteiger partial charge in [-0.25, -0.2) is 0 Å². The van der Waals surface area contributed by atoms with Crippen LogP contribution in [0, 0.1) is 0 Å². The first kappa shape index (κ1) is 10.7. The van der Waals surface area contributed by atoms with E-state index in [1.165, 1.54) is 17.6 Å². The van der Waals surface area contributed by atoms with E-state index in [1.54, 1.807) is 0 Å². The van der Waals surface area contributed by atoms with Crippen LogP contribution in [0.1, 0.15) is 32.6 Å². The predicted octanol–water partition coefficient (Wildman–Crippen LogP) is 3.01. The lowest BCUT2D eigenvalue weighted by molar-refractivity contribution is -0.125. The molecule has 1 heterocycles. The number of allylic oxidation sites excluding steroid dienone is 1. The van der Waals surface area contributed by atoms with E-state index in [0.717, 1.165) is 37.8 Å². The highest BCUT2D eigenvalue weighted by atomic mass is 79.9. The number of alkyl halides is 1. The van der Waals surface area contributed by atoms with Crippen LogP contribution in [0.25, 0.3) is 0 Å². The van der Waals surface area contributed by atoms with Gasteiger partial charge in [0.1, 0.15) is 0 Å². The maximum absolute atomic E-state index is 5.79. The topological polar surface area (TPSA) is 18.5 Å². The summed E-state index contributed by atoms with van der Waals surface area (Å²) in [6.07, 6.45) is 4.44. The van der Waals surface area contributed by atoms with Crippen LogP contribution >= 0.6 is 15.9 Å². The van der Waals surface area contributed by atoms with Gasteiger partial charge in [-0.05, 0) is 31.8 Å². The normalized spacial score (nSPS) is 25.3. The molecule has 80 valence electrons. The van der Waals surface area contributed by atoms with Crippen LogP contribution < -0.4 is 0 Å². The molecule has 0 aromatic heterocycles.